The first-order chi connectivity index (χ1) is 7.77. The molecule has 2 rings (SSSR count). The lowest BCUT2D eigenvalue weighted by Crippen LogP contribution is -2.23. The van der Waals surface area contributed by atoms with Crippen molar-refractivity contribution in [2.24, 2.45) is 10.8 Å². The normalized spacial score (nSPS) is 10.8. The van der Waals surface area contributed by atoms with Crippen molar-refractivity contribution < 1.29 is 0 Å². The maximum atomic E-state index is 5.28. The molecule has 0 amide bonds. The van der Waals surface area contributed by atoms with Crippen LogP contribution in [-0.4, -0.2) is 11.3 Å². The predicted octanol–water partition coefficient (Wildman–Crippen LogP) is 2.01. The molecular weight excluding hydrogens is 218 g/mol. The van der Waals surface area contributed by atoms with Gasteiger partial charge in [-0.05, 0) is 23.0 Å². The number of nitrogens with one attached hydrogen (secondary N) is 1. The third-order valence-corrected chi connectivity index (χ3v) is 2.29. The fourth-order valence-electron chi connectivity index (χ4n) is 1.53. The molecule has 2 aromatic rings. The van der Waals surface area contributed by atoms with E-state index in [0.29, 0.717) is 0 Å². The number of thiocarbonyl (C=S) groups is 1. The highest BCUT2D eigenvalue weighted by atomic mass is 32.1. The van der Waals surface area contributed by atoms with Crippen LogP contribution in [0.15, 0.2) is 47.6 Å². The fourth-order valence-corrected chi connectivity index (χ4v) is 1.58. The van der Waals surface area contributed by atoms with Crippen LogP contribution >= 0.6 is 12.2 Å². The van der Waals surface area contributed by atoms with Gasteiger partial charge in [-0.3, -0.25) is 5.43 Å². The SMILES string of the molecule is NC(=S)N/N=C\c1cccc2ccccc12. The minimum atomic E-state index is 0.163. The number of benzene rings is 2. The van der Waals surface area contributed by atoms with Gasteiger partial charge in [0.05, 0.1) is 6.21 Å². The molecule has 0 bridgehead atoms. The van der Waals surface area contributed by atoms with Crippen molar-refractivity contribution in [1.29, 1.82) is 0 Å². The van der Waals surface area contributed by atoms with Gasteiger partial charge in [0.2, 0.25) is 0 Å². The number of fused-ring (bicyclic) bond motifs is 1. The van der Waals surface area contributed by atoms with E-state index in [1.54, 1.807) is 6.21 Å². The van der Waals surface area contributed by atoms with Crippen LogP contribution in [0.3, 0.4) is 0 Å². The number of nitrogens with two attached hydrogens (primary N) is 1. The molecule has 80 valence electrons. The molecule has 0 radical (unpaired) electrons. The maximum absolute atomic E-state index is 5.28. The first kappa shape index (κ1) is 10.6. The maximum Gasteiger partial charge on any atom is 0.184 e. The smallest absolute Gasteiger partial charge is 0.184 e. The summed E-state index contributed by atoms with van der Waals surface area (Å²) in [5.74, 6) is 0. The molecule has 4 heteroatoms. The van der Waals surface area contributed by atoms with Crippen LogP contribution in [0.4, 0.5) is 0 Å². The van der Waals surface area contributed by atoms with E-state index in [0.717, 1.165) is 10.9 Å². The summed E-state index contributed by atoms with van der Waals surface area (Å²) in [5, 5.41) is 6.45. The Bertz CT molecular complexity index is 543. The lowest BCUT2D eigenvalue weighted by atomic mass is 10.1. The van der Waals surface area contributed by atoms with E-state index in [4.69, 9.17) is 5.73 Å². The zero-order chi connectivity index (χ0) is 11.4. The molecule has 0 aliphatic carbocycles. The molecule has 0 aromatic heterocycles. The fraction of sp³-hybridized carbons (Fsp3) is 0. The van der Waals surface area contributed by atoms with Gasteiger partial charge in [0.1, 0.15) is 0 Å². The lowest BCUT2D eigenvalue weighted by molar-refractivity contribution is 1.04. The van der Waals surface area contributed by atoms with E-state index in [1.165, 1.54) is 5.39 Å². The molecule has 0 saturated heterocycles. The second-order valence-corrected chi connectivity index (χ2v) is 3.74. The van der Waals surface area contributed by atoms with Crippen molar-refractivity contribution in [1.82, 2.24) is 5.43 Å². The summed E-state index contributed by atoms with van der Waals surface area (Å²) >= 11 is 4.66. The monoisotopic (exact) mass is 229 g/mol. The molecule has 3 nitrogen and oxygen atoms in total. The quantitative estimate of drug-likeness (QED) is 0.470. The molecule has 0 saturated carbocycles. The molecule has 3 N–H and O–H groups in total. The Morgan fingerprint density at radius 3 is 2.75 bits per heavy atom. The van der Waals surface area contributed by atoms with Crippen molar-refractivity contribution in [3.8, 4) is 0 Å². The van der Waals surface area contributed by atoms with Crippen LogP contribution < -0.4 is 11.2 Å². The molecule has 16 heavy (non-hydrogen) atoms. The standard InChI is InChI=1S/C12H11N3S/c13-12(16)15-14-8-10-6-3-5-9-4-1-2-7-11(9)10/h1-8H,(H3,13,15,16)/b14-8-. The van der Waals surface area contributed by atoms with E-state index in [-0.39, 0.29) is 5.11 Å². The van der Waals surface area contributed by atoms with E-state index in [2.05, 4.69) is 40.9 Å². The third-order valence-electron chi connectivity index (χ3n) is 2.20. The van der Waals surface area contributed by atoms with Crippen LogP contribution in [0.2, 0.25) is 0 Å². The zero-order valence-corrected chi connectivity index (χ0v) is 9.37. The average molecular weight is 229 g/mol. The second-order valence-electron chi connectivity index (χ2n) is 3.30. The number of rotatable bonds is 2. The number of hydrogen-bond acceptors (Lipinski definition) is 2. The Morgan fingerprint density at radius 2 is 1.94 bits per heavy atom. The zero-order valence-electron chi connectivity index (χ0n) is 8.55. The van der Waals surface area contributed by atoms with Crippen LogP contribution in [0.5, 0.6) is 0 Å². The van der Waals surface area contributed by atoms with Gasteiger partial charge in [0.25, 0.3) is 0 Å². The molecular formula is C12H11N3S. The highest BCUT2D eigenvalue weighted by Crippen LogP contribution is 2.16. The van der Waals surface area contributed by atoms with E-state index in [1.807, 2.05) is 24.3 Å². The third kappa shape index (κ3) is 2.35. The number of hydrazone groups is 1. The number of nitrogens with zero attached hydrogens (tertiary/aromatic N) is 1. The van der Waals surface area contributed by atoms with Crippen molar-refractivity contribution in [3.63, 3.8) is 0 Å². The van der Waals surface area contributed by atoms with Gasteiger partial charge >= 0.3 is 0 Å². The predicted molar refractivity (Wildman–Crippen MR) is 71.5 cm³/mol. The Morgan fingerprint density at radius 1 is 1.19 bits per heavy atom. The van der Waals surface area contributed by atoms with Gasteiger partial charge in [-0.2, -0.15) is 5.10 Å². The molecule has 0 fully saturated rings. The largest absolute Gasteiger partial charge is 0.375 e. The van der Waals surface area contributed by atoms with Crippen molar-refractivity contribution >= 4 is 34.3 Å². The van der Waals surface area contributed by atoms with Gasteiger partial charge in [-0.25, -0.2) is 0 Å². The molecule has 0 aliphatic rings. The summed E-state index contributed by atoms with van der Waals surface area (Å²) in [6.07, 6.45) is 1.71. The van der Waals surface area contributed by atoms with E-state index >= 15 is 0 Å². The summed E-state index contributed by atoms with van der Waals surface area (Å²) in [6.45, 7) is 0. The van der Waals surface area contributed by atoms with E-state index in [9.17, 15) is 0 Å². The first-order valence-electron chi connectivity index (χ1n) is 4.83. The minimum absolute atomic E-state index is 0.163. The van der Waals surface area contributed by atoms with Crippen LogP contribution in [-0.2, 0) is 0 Å². The number of hydrogen-bond donors (Lipinski definition) is 2. The topological polar surface area (TPSA) is 50.4 Å². The Kier molecular flexibility index (Phi) is 3.12. The van der Waals surface area contributed by atoms with Gasteiger partial charge in [-0.1, -0.05) is 42.5 Å². The summed E-state index contributed by atoms with van der Waals surface area (Å²) in [4.78, 5) is 0. The van der Waals surface area contributed by atoms with Gasteiger partial charge in [-0.15, -0.1) is 0 Å². The molecule has 0 unspecified atom stereocenters. The summed E-state index contributed by atoms with van der Waals surface area (Å²) in [5.41, 5.74) is 8.84. The first-order valence-corrected chi connectivity index (χ1v) is 5.24. The second kappa shape index (κ2) is 4.72. The molecule has 0 spiro atoms. The summed E-state index contributed by atoms with van der Waals surface area (Å²) < 4.78 is 0. The molecule has 0 heterocycles. The molecule has 0 aliphatic heterocycles. The minimum Gasteiger partial charge on any atom is -0.375 e. The lowest BCUT2D eigenvalue weighted by Gasteiger charge is -2.01. The van der Waals surface area contributed by atoms with E-state index < -0.39 is 0 Å². The summed E-state index contributed by atoms with van der Waals surface area (Å²) in [6, 6.07) is 14.2. The Balaban J connectivity index is 2.37. The van der Waals surface area contributed by atoms with Gasteiger partial charge in [0.15, 0.2) is 5.11 Å². The highest BCUT2D eigenvalue weighted by Gasteiger charge is 1.96. The van der Waals surface area contributed by atoms with Crippen LogP contribution in [0.1, 0.15) is 5.56 Å². The average Bonchev–Trinajstić information content (AvgIpc) is 2.29. The Labute approximate surface area is 99.0 Å². The molecule has 2 aromatic carbocycles. The van der Waals surface area contributed by atoms with Gasteiger partial charge < -0.3 is 5.73 Å². The van der Waals surface area contributed by atoms with Crippen LogP contribution in [0, 0.1) is 0 Å². The Hall–Kier alpha value is -1.94. The molecule has 0 atom stereocenters. The van der Waals surface area contributed by atoms with Crippen molar-refractivity contribution in [3.05, 3.63) is 48.0 Å². The highest BCUT2D eigenvalue weighted by molar-refractivity contribution is 7.80. The van der Waals surface area contributed by atoms with Crippen molar-refractivity contribution in [2.75, 3.05) is 0 Å². The van der Waals surface area contributed by atoms with Crippen LogP contribution in [0.25, 0.3) is 10.8 Å². The van der Waals surface area contributed by atoms with Gasteiger partial charge in [0, 0.05) is 5.56 Å². The van der Waals surface area contributed by atoms with Crippen molar-refractivity contribution in [2.45, 2.75) is 0 Å². The summed E-state index contributed by atoms with van der Waals surface area (Å²) in [7, 11) is 0.